The lowest BCUT2D eigenvalue weighted by Crippen LogP contribution is -2.01. The van der Waals surface area contributed by atoms with Gasteiger partial charge in [-0.3, -0.25) is 0 Å². The maximum atomic E-state index is 5.65. The van der Waals surface area contributed by atoms with E-state index in [9.17, 15) is 0 Å². The van der Waals surface area contributed by atoms with E-state index in [4.69, 9.17) is 17.3 Å². The third kappa shape index (κ3) is 1.71. The lowest BCUT2D eigenvalue weighted by Gasteiger charge is -1.96. The minimum absolute atomic E-state index is 0.176. The fourth-order valence-corrected chi connectivity index (χ4v) is 1.23. The van der Waals surface area contributed by atoms with Crippen LogP contribution < -0.4 is 5.73 Å². The van der Waals surface area contributed by atoms with Crippen LogP contribution >= 0.6 is 27.5 Å². The van der Waals surface area contributed by atoms with Gasteiger partial charge in [0.05, 0.1) is 0 Å². The topological polar surface area (TPSA) is 69.6 Å². The van der Waals surface area contributed by atoms with E-state index in [-0.39, 0.29) is 11.0 Å². The number of nitrogens with zero attached hydrogens (tertiary/aromatic N) is 4. The Morgan fingerprint density at radius 1 is 1.36 bits per heavy atom. The summed E-state index contributed by atoms with van der Waals surface area (Å²) in [5.41, 5.74) is 5.44. The lowest BCUT2D eigenvalue weighted by atomic mass is 10.5. The Kier molecular flexibility index (Phi) is 2.39. The minimum atomic E-state index is 0.176. The highest BCUT2D eigenvalue weighted by atomic mass is 79.9. The molecule has 0 bridgehead atoms. The van der Waals surface area contributed by atoms with E-state index in [2.05, 4.69) is 31.1 Å². The molecule has 0 fully saturated rings. The van der Waals surface area contributed by atoms with E-state index in [0.717, 1.165) is 4.47 Å². The second-order valence-electron chi connectivity index (χ2n) is 2.50. The van der Waals surface area contributed by atoms with Crippen molar-refractivity contribution in [1.29, 1.82) is 0 Å². The molecule has 14 heavy (non-hydrogen) atoms. The maximum Gasteiger partial charge on any atom is 0.195 e. The zero-order valence-electron chi connectivity index (χ0n) is 6.85. The quantitative estimate of drug-likeness (QED) is 0.858. The summed E-state index contributed by atoms with van der Waals surface area (Å²) in [4.78, 5) is 5.36. The predicted molar refractivity (Wildman–Crippen MR) is 56.3 cm³/mol. The second-order valence-corrected chi connectivity index (χ2v) is 3.77. The molecule has 5 nitrogen and oxygen atoms in total. The zero-order chi connectivity index (χ0) is 10.1. The Morgan fingerprint density at radius 2 is 2.14 bits per heavy atom. The summed E-state index contributed by atoms with van der Waals surface area (Å²) in [5.74, 6) is 0.753. The van der Waals surface area contributed by atoms with Gasteiger partial charge in [-0.05, 0) is 28.1 Å². The molecular formula is C7H5BrClN5. The number of rotatable bonds is 1. The number of anilines is 1. The molecule has 2 aromatic heterocycles. The fourth-order valence-electron chi connectivity index (χ4n) is 0.889. The second kappa shape index (κ2) is 3.55. The molecule has 0 amide bonds. The molecule has 2 rings (SSSR count). The summed E-state index contributed by atoms with van der Waals surface area (Å²) in [6, 6.07) is 3.58. The molecule has 7 heteroatoms. The first-order valence-corrected chi connectivity index (χ1v) is 4.84. The Bertz CT molecular complexity index is 432. The molecule has 0 saturated carbocycles. The third-order valence-corrected chi connectivity index (χ3v) is 2.25. The van der Waals surface area contributed by atoms with Crippen LogP contribution in [-0.4, -0.2) is 20.0 Å². The van der Waals surface area contributed by atoms with Gasteiger partial charge in [0.2, 0.25) is 0 Å². The van der Waals surface area contributed by atoms with Crippen molar-refractivity contribution in [1.82, 2.24) is 20.0 Å². The molecule has 0 atom stereocenters. The van der Waals surface area contributed by atoms with Gasteiger partial charge in [-0.25, -0.2) is 4.98 Å². The number of aromatic nitrogens is 4. The molecule has 0 spiro atoms. The van der Waals surface area contributed by atoms with E-state index in [0.29, 0.717) is 5.82 Å². The van der Waals surface area contributed by atoms with Gasteiger partial charge < -0.3 is 5.73 Å². The van der Waals surface area contributed by atoms with Crippen molar-refractivity contribution >= 4 is 33.3 Å². The van der Waals surface area contributed by atoms with Gasteiger partial charge in [-0.15, -0.1) is 15.0 Å². The largest absolute Gasteiger partial charge is 0.380 e. The number of hydrogen-bond donors (Lipinski definition) is 1. The standard InChI is InChI=1S/C7H5BrClN5/c8-4-1-2-5(11-3-4)14-12-6(9)7(10)13-14/h1-3H,(H2,10,13). The molecule has 0 aliphatic heterocycles. The van der Waals surface area contributed by atoms with Gasteiger partial charge in [0.1, 0.15) is 0 Å². The first kappa shape index (κ1) is 9.42. The average molecular weight is 275 g/mol. The summed E-state index contributed by atoms with van der Waals surface area (Å²) < 4.78 is 0.882. The van der Waals surface area contributed by atoms with Crippen molar-refractivity contribution in [2.45, 2.75) is 0 Å². The van der Waals surface area contributed by atoms with Crippen molar-refractivity contribution in [2.24, 2.45) is 0 Å². The molecule has 0 saturated heterocycles. The van der Waals surface area contributed by atoms with Crippen LogP contribution in [0.3, 0.4) is 0 Å². The fraction of sp³-hybridized carbons (Fsp3) is 0. The van der Waals surface area contributed by atoms with Gasteiger partial charge >= 0.3 is 0 Å². The summed E-state index contributed by atoms with van der Waals surface area (Å²) in [6.45, 7) is 0. The SMILES string of the molecule is Nc1nn(-c2ccc(Br)cn2)nc1Cl. The number of hydrogen-bond acceptors (Lipinski definition) is 4. The smallest absolute Gasteiger partial charge is 0.195 e. The maximum absolute atomic E-state index is 5.65. The van der Waals surface area contributed by atoms with Crippen LogP contribution in [0.5, 0.6) is 0 Å². The van der Waals surface area contributed by atoms with Crippen LogP contribution in [0.2, 0.25) is 5.15 Å². The zero-order valence-corrected chi connectivity index (χ0v) is 9.20. The van der Waals surface area contributed by atoms with E-state index >= 15 is 0 Å². The van der Waals surface area contributed by atoms with Crippen LogP contribution in [0.25, 0.3) is 5.82 Å². The van der Waals surface area contributed by atoms with E-state index in [1.165, 1.54) is 4.80 Å². The van der Waals surface area contributed by atoms with Gasteiger partial charge in [0, 0.05) is 10.7 Å². The molecule has 0 unspecified atom stereocenters. The number of pyridine rings is 1. The van der Waals surface area contributed by atoms with Gasteiger partial charge in [-0.1, -0.05) is 11.6 Å². The molecule has 0 aliphatic rings. The highest BCUT2D eigenvalue weighted by Gasteiger charge is 2.06. The minimum Gasteiger partial charge on any atom is -0.380 e. The Hall–Kier alpha value is -1.14. The molecule has 72 valence electrons. The first-order valence-electron chi connectivity index (χ1n) is 3.67. The summed E-state index contributed by atoms with van der Waals surface area (Å²) in [7, 11) is 0. The van der Waals surface area contributed by atoms with Gasteiger partial charge in [0.25, 0.3) is 0 Å². The molecule has 0 aliphatic carbocycles. The number of nitrogens with two attached hydrogens (primary N) is 1. The predicted octanol–water partition coefficient (Wildman–Crippen LogP) is 1.66. The Morgan fingerprint density at radius 3 is 2.64 bits per heavy atom. The van der Waals surface area contributed by atoms with Gasteiger partial charge in [-0.2, -0.15) is 0 Å². The van der Waals surface area contributed by atoms with E-state index < -0.39 is 0 Å². The van der Waals surface area contributed by atoms with Gasteiger partial charge in [0.15, 0.2) is 16.8 Å². The van der Waals surface area contributed by atoms with Crippen LogP contribution in [0, 0.1) is 0 Å². The summed E-state index contributed by atoms with van der Waals surface area (Å²) in [6.07, 6.45) is 1.64. The molecule has 0 aromatic carbocycles. The highest BCUT2D eigenvalue weighted by Crippen LogP contribution is 2.14. The third-order valence-electron chi connectivity index (χ3n) is 1.51. The van der Waals surface area contributed by atoms with Crippen molar-refractivity contribution in [3.05, 3.63) is 28.0 Å². The Labute approximate surface area is 93.0 Å². The molecule has 2 heterocycles. The average Bonchev–Trinajstić information content (AvgIpc) is 2.48. The van der Waals surface area contributed by atoms with Crippen LogP contribution in [0.4, 0.5) is 5.82 Å². The summed E-state index contributed by atoms with van der Waals surface area (Å²) in [5, 5.41) is 7.94. The van der Waals surface area contributed by atoms with E-state index in [1.54, 1.807) is 12.3 Å². The monoisotopic (exact) mass is 273 g/mol. The lowest BCUT2D eigenvalue weighted by molar-refractivity contribution is 0.731. The normalized spacial score (nSPS) is 10.4. The van der Waals surface area contributed by atoms with Crippen LogP contribution in [0.1, 0.15) is 0 Å². The highest BCUT2D eigenvalue weighted by molar-refractivity contribution is 9.10. The molecule has 0 radical (unpaired) electrons. The van der Waals surface area contributed by atoms with Crippen molar-refractivity contribution < 1.29 is 0 Å². The summed E-state index contributed by atoms with van der Waals surface area (Å²) >= 11 is 8.93. The Balaban J connectivity index is 2.44. The molecular weight excluding hydrogens is 269 g/mol. The van der Waals surface area contributed by atoms with Crippen molar-refractivity contribution in [3.8, 4) is 5.82 Å². The van der Waals surface area contributed by atoms with Crippen LogP contribution in [-0.2, 0) is 0 Å². The number of halogens is 2. The molecule has 2 N–H and O–H groups in total. The van der Waals surface area contributed by atoms with E-state index in [1.807, 2.05) is 6.07 Å². The first-order chi connectivity index (χ1) is 6.66. The van der Waals surface area contributed by atoms with Crippen molar-refractivity contribution in [2.75, 3.05) is 5.73 Å². The number of nitrogen functional groups attached to an aromatic ring is 1. The van der Waals surface area contributed by atoms with Crippen LogP contribution in [0.15, 0.2) is 22.8 Å². The van der Waals surface area contributed by atoms with Crippen molar-refractivity contribution in [3.63, 3.8) is 0 Å². The molecule has 2 aromatic rings.